The van der Waals surface area contributed by atoms with Crippen molar-refractivity contribution in [3.05, 3.63) is 16.4 Å². The van der Waals surface area contributed by atoms with Crippen LogP contribution >= 0.6 is 0 Å². The highest BCUT2D eigenvalue weighted by Crippen LogP contribution is 2.32. The van der Waals surface area contributed by atoms with Crippen LogP contribution in [0.3, 0.4) is 0 Å². The Hall–Kier alpha value is -2.45. The minimum absolute atomic E-state index is 0.104. The normalized spacial score (nSPS) is 22.0. The van der Waals surface area contributed by atoms with E-state index in [9.17, 15) is 14.9 Å². The molecule has 1 atom stereocenters. The molecule has 2 aliphatic rings. The van der Waals surface area contributed by atoms with Gasteiger partial charge < -0.3 is 15.5 Å². The van der Waals surface area contributed by atoms with Crippen molar-refractivity contribution in [1.29, 1.82) is 0 Å². The van der Waals surface area contributed by atoms with E-state index in [0.717, 1.165) is 6.42 Å². The summed E-state index contributed by atoms with van der Waals surface area (Å²) < 4.78 is 0. The minimum atomic E-state index is -0.559. The number of rotatable bonds is 2. The lowest BCUT2D eigenvalue weighted by Crippen LogP contribution is -2.51. The highest BCUT2D eigenvalue weighted by molar-refractivity contribution is 5.79. The van der Waals surface area contributed by atoms with Gasteiger partial charge in [0.25, 0.3) is 0 Å². The van der Waals surface area contributed by atoms with Crippen LogP contribution in [-0.4, -0.2) is 51.4 Å². The summed E-state index contributed by atoms with van der Waals surface area (Å²) in [5.74, 6) is 0.262. The van der Waals surface area contributed by atoms with Crippen molar-refractivity contribution in [2.24, 2.45) is 0 Å². The fourth-order valence-electron chi connectivity index (χ4n) is 2.85. The van der Waals surface area contributed by atoms with Crippen molar-refractivity contribution in [2.45, 2.75) is 18.9 Å². The maximum atomic E-state index is 11.6. The molecule has 3 heterocycles. The molecule has 0 bridgehead atoms. The Morgan fingerprint density at radius 2 is 2.20 bits per heavy atom. The number of carbonyl (C=O) groups is 1. The zero-order chi connectivity index (χ0) is 14.3. The van der Waals surface area contributed by atoms with E-state index in [1.807, 2.05) is 9.80 Å². The van der Waals surface area contributed by atoms with E-state index < -0.39 is 4.92 Å². The van der Waals surface area contributed by atoms with Crippen molar-refractivity contribution in [3.63, 3.8) is 0 Å². The lowest BCUT2D eigenvalue weighted by molar-refractivity contribution is -0.383. The summed E-state index contributed by atoms with van der Waals surface area (Å²) in [4.78, 5) is 33.5. The van der Waals surface area contributed by atoms with Gasteiger partial charge in [-0.15, -0.1) is 0 Å². The van der Waals surface area contributed by atoms with E-state index in [2.05, 4.69) is 9.97 Å². The van der Waals surface area contributed by atoms with E-state index in [-0.39, 0.29) is 29.3 Å². The molecule has 1 amide bonds. The Morgan fingerprint density at radius 1 is 1.40 bits per heavy atom. The van der Waals surface area contributed by atoms with Crippen LogP contribution in [0, 0.1) is 10.1 Å². The molecule has 3 rings (SSSR count). The SMILES string of the molecule is Nc1ncnc(N2CCN3C(=O)CCC3C2)c1[N+](=O)[O-]. The lowest BCUT2D eigenvalue weighted by atomic mass is 10.1. The Kier molecular flexibility index (Phi) is 2.88. The van der Waals surface area contributed by atoms with Crippen molar-refractivity contribution < 1.29 is 9.72 Å². The number of carbonyl (C=O) groups excluding carboxylic acids is 1. The molecule has 0 aliphatic carbocycles. The van der Waals surface area contributed by atoms with Crippen molar-refractivity contribution in [3.8, 4) is 0 Å². The summed E-state index contributed by atoms with van der Waals surface area (Å²) in [6.45, 7) is 1.62. The van der Waals surface area contributed by atoms with E-state index in [1.54, 1.807) is 0 Å². The summed E-state index contributed by atoms with van der Waals surface area (Å²) in [7, 11) is 0. The van der Waals surface area contributed by atoms with Crippen molar-refractivity contribution >= 4 is 23.2 Å². The standard InChI is InChI=1S/C11H14N6O3/c12-10-9(17(19)20)11(14-6-13-10)15-3-4-16-7(5-15)1-2-8(16)18/h6-7H,1-5H2,(H2,12,13,14). The second kappa shape index (κ2) is 4.58. The predicted octanol–water partition coefficient (Wildman–Crippen LogP) is -0.222. The summed E-state index contributed by atoms with van der Waals surface area (Å²) in [6.07, 6.45) is 2.56. The fraction of sp³-hybridized carbons (Fsp3) is 0.545. The summed E-state index contributed by atoms with van der Waals surface area (Å²) in [6, 6.07) is 0.104. The molecule has 2 aliphatic heterocycles. The zero-order valence-corrected chi connectivity index (χ0v) is 10.7. The first-order chi connectivity index (χ1) is 9.58. The van der Waals surface area contributed by atoms with Gasteiger partial charge in [-0.1, -0.05) is 0 Å². The van der Waals surface area contributed by atoms with Crippen molar-refractivity contribution in [2.75, 3.05) is 30.3 Å². The third-order valence-electron chi connectivity index (χ3n) is 3.81. The fourth-order valence-corrected chi connectivity index (χ4v) is 2.85. The van der Waals surface area contributed by atoms with E-state index in [1.165, 1.54) is 6.33 Å². The Bertz CT molecular complexity index is 577. The molecule has 106 valence electrons. The molecule has 0 spiro atoms. The van der Waals surface area contributed by atoms with Gasteiger partial charge in [-0.25, -0.2) is 9.97 Å². The molecule has 9 nitrogen and oxygen atoms in total. The lowest BCUT2D eigenvalue weighted by Gasteiger charge is -2.37. The van der Waals surface area contributed by atoms with Gasteiger partial charge in [0.15, 0.2) is 0 Å². The Morgan fingerprint density at radius 3 is 2.95 bits per heavy atom. The molecule has 0 aromatic carbocycles. The second-order valence-electron chi connectivity index (χ2n) is 4.91. The first-order valence-electron chi connectivity index (χ1n) is 6.37. The third kappa shape index (κ3) is 1.91. The molecule has 0 saturated carbocycles. The number of nitro groups is 1. The number of hydrogen-bond acceptors (Lipinski definition) is 7. The van der Waals surface area contributed by atoms with Crippen LogP contribution in [0.2, 0.25) is 0 Å². The zero-order valence-electron chi connectivity index (χ0n) is 10.7. The van der Waals surface area contributed by atoms with Gasteiger partial charge in [0, 0.05) is 32.1 Å². The molecule has 2 N–H and O–H groups in total. The number of nitrogen functional groups attached to an aromatic ring is 1. The van der Waals surface area contributed by atoms with E-state index in [0.29, 0.717) is 26.1 Å². The molecule has 1 aromatic rings. The average Bonchev–Trinajstić information content (AvgIpc) is 2.79. The molecule has 2 saturated heterocycles. The largest absolute Gasteiger partial charge is 0.378 e. The number of nitrogens with two attached hydrogens (primary N) is 1. The molecule has 1 aromatic heterocycles. The molecule has 20 heavy (non-hydrogen) atoms. The summed E-state index contributed by atoms with van der Waals surface area (Å²) in [5.41, 5.74) is 5.31. The average molecular weight is 278 g/mol. The van der Waals surface area contributed by atoms with Crippen LogP contribution in [0.4, 0.5) is 17.3 Å². The smallest absolute Gasteiger partial charge is 0.353 e. The van der Waals surface area contributed by atoms with Crippen LogP contribution in [-0.2, 0) is 4.79 Å². The summed E-state index contributed by atoms with van der Waals surface area (Å²) in [5, 5.41) is 11.1. The molecule has 0 radical (unpaired) electrons. The van der Waals surface area contributed by atoms with Gasteiger partial charge in [0.05, 0.1) is 4.92 Å². The molecule has 1 unspecified atom stereocenters. The van der Waals surface area contributed by atoms with Crippen LogP contribution in [0.25, 0.3) is 0 Å². The number of fused-ring (bicyclic) bond motifs is 1. The maximum absolute atomic E-state index is 11.6. The summed E-state index contributed by atoms with van der Waals surface area (Å²) >= 11 is 0. The highest BCUT2D eigenvalue weighted by Gasteiger charge is 2.38. The number of aromatic nitrogens is 2. The quantitative estimate of drug-likeness (QED) is 0.586. The third-order valence-corrected chi connectivity index (χ3v) is 3.81. The first-order valence-corrected chi connectivity index (χ1v) is 6.37. The number of hydrogen-bond donors (Lipinski definition) is 1. The van der Waals surface area contributed by atoms with Crippen LogP contribution < -0.4 is 10.6 Å². The molecule has 9 heteroatoms. The van der Waals surface area contributed by atoms with Gasteiger partial charge in [-0.3, -0.25) is 14.9 Å². The van der Waals surface area contributed by atoms with E-state index in [4.69, 9.17) is 5.73 Å². The van der Waals surface area contributed by atoms with Crippen molar-refractivity contribution in [1.82, 2.24) is 14.9 Å². The van der Waals surface area contributed by atoms with Gasteiger partial charge in [0.2, 0.25) is 17.5 Å². The molecule has 2 fully saturated rings. The van der Waals surface area contributed by atoms with Crippen LogP contribution in [0.15, 0.2) is 6.33 Å². The Balaban J connectivity index is 1.89. The van der Waals surface area contributed by atoms with Gasteiger partial charge in [-0.2, -0.15) is 0 Å². The van der Waals surface area contributed by atoms with Crippen LogP contribution in [0.5, 0.6) is 0 Å². The number of amides is 1. The molecular formula is C11H14N6O3. The predicted molar refractivity (Wildman–Crippen MR) is 70.0 cm³/mol. The monoisotopic (exact) mass is 278 g/mol. The topological polar surface area (TPSA) is 118 Å². The van der Waals surface area contributed by atoms with Gasteiger partial charge in [0.1, 0.15) is 6.33 Å². The first kappa shape index (κ1) is 12.6. The molecular weight excluding hydrogens is 264 g/mol. The highest BCUT2D eigenvalue weighted by atomic mass is 16.6. The Labute approximate surface area is 114 Å². The number of piperazine rings is 1. The maximum Gasteiger partial charge on any atom is 0.353 e. The van der Waals surface area contributed by atoms with E-state index >= 15 is 0 Å². The van der Waals surface area contributed by atoms with Gasteiger partial charge in [-0.05, 0) is 6.42 Å². The van der Waals surface area contributed by atoms with Gasteiger partial charge >= 0.3 is 5.69 Å². The number of anilines is 2. The van der Waals surface area contributed by atoms with Crippen LogP contribution in [0.1, 0.15) is 12.8 Å². The number of nitrogens with zero attached hydrogens (tertiary/aromatic N) is 5. The second-order valence-corrected chi connectivity index (χ2v) is 4.91. The minimum Gasteiger partial charge on any atom is -0.378 e.